The Morgan fingerprint density at radius 1 is 1.33 bits per heavy atom. The summed E-state index contributed by atoms with van der Waals surface area (Å²) in [4.78, 5) is 4.01. The van der Waals surface area contributed by atoms with Gasteiger partial charge in [0.25, 0.3) is 12.6 Å². The van der Waals surface area contributed by atoms with Gasteiger partial charge in [-0.15, -0.1) is 0 Å². The third kappa shape index (κ3) is 3.17. The number of benzene rings is 1. The molecule has 3 heteroatoms. The zero-order valence-electron chi connectivity index (χ0n) is 9.59. The van der Waals surface area contributed by atoms with Crippen molar-refractivity contribution >= 4 is 11.4 Å². The first-order chi connectivity index (χ1) is 7.15. The second-order valence-electron chi connectivity index (χ2n) is 3.51. The van der Waals surface area contributed by atoms with Crippen LogP contribution in [0, 0.1) is 19.9 Å². The molecular formula is C12H18N3+. The van der Waals surface area contributed by atoms with E-state index in [0.717, 1.165) is 29.0 Å². The van der Waals surface area contributed by atoms with Crippen LogP contribution in [0.3, 0.4) is 0 Å². The molecule has 0 atom stereocenters. The fraction of sp³-hybridized carbons (Fsp3) is 0.417. The lowest BCUT2D eigenvalue weighted by molar-refractivity contribution is 1.30. The fourth-order valence-electron chi connectivity index (χ4n) is 1.39. The Bertz CT molecular complexity index is 376. The van der Waals surface area contributed by atoms with Gasteiger partial charge in [-0.05, 0) is 37.1 Å². The third-order valence-electron chi connectivity index (χ3n) is 2.24. The molecular weight excluding hydrogens is 186 g/mol. The number of nitrogens with two attached hydrogens (primary N) is 1. The number of hydrogen-bond acceptors (Lipinski definition) is 2. The van der Waals surface area contributed by atoms with Gasteiger partial charge in [-0.2, -0.15) is 0 Å². The maximum Gasteiger partial charge on any atom is 0.294 e. The average molecular weight is 204 g/mol. The van der Waals surface area contributed by atoms with Crippen molar-refractivity contribution in [1.29, 1.82) is 0 Å². The van der Waals surface area contributed by atoms with Crippen LogP contribution in [-0.4, -0.2) is 13.1 Å². The highest BCUT2D eigenvalue weighted by Crippen LogP contribution is 2.21. The molecule has 0 unspecified atom stereocenters. The van der Waals surface area contributed by atoms with E-state index in [9.17, 15) is 0 Å². The summed E-state index contributed by atoms with van der Waals surface area (Å²) >= 11 is 0. The highest BCUT2D eigenvalue weighted by molar-refractivity contribution is 5.61. The molecule has 0 saturated heterocycles. The highest BCUT2D eigenvalue weighted by atomic mass is 14.9. The first-order valence-electron chi connectivity index (χ1n) is 5.15. The molecule has 0 saturated carbocycles. The van der Waals surface area contributed by atoms with Gasteiger partial charge >= 0.3 is 0 Å². The Labute approximate surface area is 91.1 Å². The molecule has 3 nitrogen and oxygen atoms in total. The minimum atomic E-state index is 0.636. The summed E-state index contributed by atoms with van der Waals surface area (Å²) in [5.41, 5.74) is 10.0. The monoisotopic (exact) mass is 204 g/mol. The summed E-state index contributed by atoms with van der Waals surface area (Å²) < 4.78 is 0. The van der Waals surface area contributed by atoms with Gasteiger partial charge in [0.05, 0.1) is 0 Å². The zero-order chi connectivity index (χ0) is 11.3. The van der Waals surface area contributed by atoms with E-state index in [2.05, 4.69) is 16.2 Å². The number of rotatable bonds is 2. The maximum absolute atomic E-state index is 5.87. The molecule has 3 N–H and O–H groups in total. The molecule has 0 aliphatic rings. The average Bonchev–Trinajstić information content (AvgIpc) is 2.21. The van der Waals surface area contributed by atoms with Crippen LogP contribution in [0.5, 0.6) is 0 Å². The SMILES string of the molecule is CC[N+]#CCNc1cc(C)c(N)c(C)c1. The molecule has 0 aromatic heterocycles. The smallest absolute Gasteiger partial charge is 0.294 e. The maximum atomic E-state index is 5.87. The van der Waals surface area contributed by atoms with Crippen LogP contribution in [0.25, 0.3) is 4.85 Å². The van der Waals surface area contributed by atoms with Crippen molar-refractivity contribution in [3.63, 3.8) is 0 Å². The molecule has 80 valence electrons. The second-order valence-corrected chi connectivity index (χ2v) is 3.51. The lowest BCUT2D eigenvalue weighted by atomic mass is 10.1. The predicted molar refractivity (Wildman–Crippen MR) is 66.6 cm³/mol. The number of nitrogens with one attached hydrogen (secondary N) is 1. The van der Waals surface area contributed by atoms with Crippen LogP contribution < -0.4 is 11.1 Å². The Morgan fingerprint density at radius 3 is 2.47 bits per heavy atom. The molecule has 0 bridgehead atoms. The standard InChI is InChI=1S/C12H18N3/c1-4-14-5-6-15-11-7-9(2)12(13)10(3)8-11/h7-8,15H,4,6,13H2,1-3H3/q+1. The molecule has 0 aliphatic heterocycles. The molecule has 0 fully saturated rings. The number of anilines is 2. The van der Waals surface area contributed by atoms with Crippen LogP contribution >= 0.6 is 0 Å². The summed E-state index contributed by atoms with van der Waals surface area (Å²) in [5.74, 6) is 0. The minimum absolute atomic E-state index is 0.636. The first kappa shape index (κ1) is 11.4. The van der Waals surface area contributed by atoms with E-state index in [1.807, 2.05) is 32.9 Å². The molecule has 0 radical (unpaired) electrons. The number of aryl methyl sites for hydroxylation is 2. The van der Waals surface area contributed by atoms with Crippen molar-refractivity contribution in [3.05, 3.63) is 28.1 Å². The molecule has 0 amide bonds. The molecule has 0 aliphatic carbocycles. The van der Waals surface area contributed by atoms with Gasteiger partial charge in [0, 0.05) is 18.3 Å². The first-order valence-corrected chi connectivity index (χ1v) is 5.15. The van der Waals surface area contributed by atoms with Crippen LogP contribution in [0.1, 0.15) is 18.1 Å². The number of hydrogen-bond donors (Lipinski definition) is 2. The second kappa shape index (κ2) is 5.26. The predicted octanol–water partition coefficient (Wildman–Crippen LogP) is 2.65. The van der Waals surface area contributed by atoms with Gasteiger partial charge in [-0.25, -0.2) is 0 Å². The lowest BCUT2D eigenvalue weighted by Crippen LogP contribution is -2.01. The molecule has 0 heterocycles. The fourth-order valence-corrected chi connectivity index (χ4v) is 1.39. The lowest BCUT2D eigenvalue weighted by Gasteiger charge is -2.08. The van der Waals surface area contributed by atoms with Gasteiger partial charge in [-0.3, -0.25) is 0 Å². The molecule has 0 spiro atoms. The van der Waals surface area contributed by atoms with Crippen molar-refractivity contribution < 1.29 is 0 Å². The Balaban J connectivity index is 2.70. The molecule has 1 aromatic carbocycles. The Hall–Kier alpha value is -1.69. The van der Waals surface area contributed by atoms with Crippen molar-refractivity contribution in [2.45, 2.75) is 20.8 Å². The normalized spacial score (nSPS) is 9.27. The van der Waals surface area contributed by atoms with Gasteiger partial charge in [0.2, 0.25) is 0 Å². The van der Waals surface area contributed by atoms with Gasteiger partial charge in [-0.1, -0.05) is 4.85 Å². The van der Waals surface area contributed by atoms with Crippen molar-refractivity contribution in [2.75, 3.05) is 24.1 Å². The van der Waals surface area contributed by atoms with Gasteiger partial charge < -0.3 is 11.1 Å². The van der Waals surface area contributed by atoms with Crippen LogP contribution in [0.4, 0.5) is 11.4 Å². The van der Waals surface area contributed by atoms with Crippen molar-refractivity contribution in [2.24, 2.45) is 0 Å². The van der Waals surface area contributed by atoms with E-state index in [1.54, 1.807) is 0 Å². The molecule has 1 rings (SSSR count). The van der Waals surface area contributed by atoms with Crippen LogP contribution in [0.15, 0.2) is 12.1 Å². The molecule has 15 heavy (non-hydrogen) atoms. The Morgan fingerprint density at radius 2 is 1.93 bits per heavy atom. The largest absolute Gasteiger partial charge is 0.398 e. The van der Waals surface area contributed by atoms with Crippen molar-refractivity contribution in [1.82, 2.24) is 0 Å². The number of nitrogens with zero attached hydrogens (tertiary/aromatic N) is 1. The van der Waals surface area contributed by atoms with E-state index in [4.69, 9.17) is 5.73 Å². The number of nitrogen functional groups attached to an aromatic ring is 1. The van der Waals surface area contributed by atoms with E-state index >= 15 is 0 Å². The summed E-state index contributed by atoms with van der Waals surface area (Å²) in [7, 11) is 0. The Kier molecular flexibility index (Phi) is 3.99. The van der Waals surface area contributed by atoms with Gasteiger partial charge in [0.15, 0.2) is 0 Å². The minimum Gasteiger partial charge on any atom is -0.398 e. The van der Waals surface area contributed by atoms with E-state index < -0.39 is 0 Å². The van der Waals surface area contributed by atoms with Crippen molar-refractivity contribution in [3.8, 4) is 6.07 Å². The van der Waals surface area contributed by atoms with E-state index in [1.165, 1.54) is 0 Å². The van der Waals surface area contributed by atoms with Crippen LogP contribution in [0.2, 0.25) is 0 Å². The molecule has 1 aromatic rings. The summed E-state index contributed by atoms with van der Waals surface area (Å²) in [6.45, 7) is 7.43. The van der Waals surface area contributed by atoms with E-state index in [-0.39, 0.29) is 0 Å². The topological polar surface area (TPSA) is 42.4 Å². The van der Waals surface area contributed by atoms with Gasteiger partial charge in [0.1, 0.15) is 6.54 Å². The quantitative estimate of drug-likeness (QED) is 0.574. The van der Waals surface area contributed by atoms with Crippen LogP contribution in [-0.2, 0) is 0 Å². The summed E-state index contributed by atoms with van der Waals surface area (Å²) in [5, 5.41) is 3.23. The van der Waals surface area contributed by atoms with E-state index in [0.29, 0.717) is 6.54 Å². The summed E-state index contributed by atoms with van der Waals surface area (Å²) in [6, 6.07) is 7.00. The zero-order valence-corrected chi connectivity index (χ0v) is 9.59. The highest BCUT2D eigenvalue weighted by Gasteiger charge is 2.01. The third-order valence-corrected chi connectivity index (χ3v) is 2.24. The summed E-state index contributed by atoms with van der Waals surface area (Å²) in [6.07, 6.45) is 0.